The fraction of sp³-hybridized carbons (Fsp3) is 0.222. The minimum absolute atomic E-state index is 0.0772. The van der Waals surface area contributed by atoms with E-state index in [9.17, 15) is 24.7 Å². The molecule has 2 aliphatic rings. The highest BCUT2D eigenvalue weighted by molar-refractivity contribution is 8.05. The number of carbonyl (C=O) groups is 3. The van der Waals surface area contributed by atoms with Crippen molar-refractivity contribution in [2.75, 3.05) is 11.5 Å². The maximum absolute atomic E-state index is 12.8. The quantitative estimate of drug-likeness (QED) is 0.189. The number of rotatable bonds is 7. The van der Waals surface area contributed by atoms with E-state index in [2.05, 4.69) is 20.4 Å². The number of hydrogen-bond acceptors (Lipinski definition) is 11. The molecule has 14 heteroatoms. The minimum Gasteiger partial charge on any atom is -0.477 e. The third-order valence-electron chi connectivity index (χ3n) is 4.66. The van der Waals surface area contributed by atoms with Crippen LogP contribution in [0.5, 0.6) is 0 Å². The molecule has 1 saturated heterocycles. The Kier molecular flexibility index (Phi) is 6.34. The van der Waals surface area contributed by atoms with Gasteiger partial charge < -0.3 is 21.4 Å². The number of thiazole rings is 1. The van der Waals surface area contributed by atoms with Crippen LogP contribution >= 0.6 is 34.9 Å². The Morgan fingerprint density at radius 2 is 2.12 bits per heavy atom. The van der Waals surface area contributed by atoms with Gasteiger partial charge in [-0.05, 0) is 17.7 Å². The van der Waals surface area contributed by atoms with Gasteiger partial charge in [-0.1, -0.05) is 5.16 Å². The van der Waals surface area contributed by atoms with Crippen molar-refractivity contribution >= 4 is 63.5 Å². The number of pyridine rings is 1. The van der Waals surface area contributed by atoms with E-state index in [4.69, 9.17) is 5.73 Å². The standard InChI is InChI=1S/C18H16N6O5S3/c19-18-21-9(6-32-18)11(23-29)14(25)22-12-15(26)24-13(17(27)28)10(7-31-16(12)24)30-5-8-1-3-20-4-2-8/h1-4,6,12,16,29H,5,7H2,(H2,19,21)(H,22,25)(H,27,28)/b23-11-/t12-,16-/m1/s1. The number of aromatic nitrogens is 2. The van der Waals surface area contributed by atoms with Crippen molar-refractivity contribution in [3.63, 3.8) is 0 Å². The summed E-state index contributed by atoms with van der Waals surface area (Å²) in [7, 11) is 0. The van der Waals surface area contributed by atoms with Crippen LogP contribution in [0.15, 0.2) is 45.7 Å². The number of fused-ring (bicyclic) bond motifs is 1. The summed E-state index contributed by atoms with van der Waals surface area (Å²) in [5, 5.41) is 25.5. The van der Waals surface area contributed by atoms with Crippen LogP contribution in [0.4, 0.5) is 5.13 Å². The van der Waals surface area contributed by atoms with Gasteiger partial charge in [0.25, 0.3) is 11.8 Å². The molecule has 0 bridgehead atoms. The maximum atomic E-state index is 12.8. The summed E-state index contributed by atoms with van der Waals surface area (Å²) in [6.07, 6.45) is 3.31. The number of anilines is 1. The average Bonchev–Trinajstić information content (AvgIpc) is 3.22. The summed E-state index contributed by atoms with van der Waals surface area (Å²) >= 11 is 3.77. The van der Waals surface area contributed by atoms with Gasteiger partial charge in [0, 0.05) is 34.2 Å². The number of nitrogens with zero attached hydrogens (tertiary/aromatic N) is 4. The van der Waals surface area contributed by atoms with Crippen LogP contribution < -0.4 is 11.1 Å². The molecule has 4 heterocycles. The number of amides is 2. The van der Waals surface area contributed by atoms with E-state index >= 15 is 0 Å². The number of nitrogen functional groups attached to an aromatic ring is 1. The predicted octanol–water partition coefficient (Wildman–Crippen LogP) is 0.928. The van der Waals surface area contributed by atoms with Crippen molar-refractivity contribution in [3.8, 4) is 0 Å². The zero-order chi connectivity index (χ0) is 22.8. The van der Waals surface area contributed by atoms with Gasteiger partial charge in [-0.25, -0.2) is 9.78 Å². The molecule has 2 amide bonds. The topological polar surface area (TPSA) is 171 Å². The zero-order valence-corrected chi connectivity index (χ0v) is 18.6. The summed E-state index contributed by atoms with van der Waals surface area (Å²) in [5.74, 6) is -1.65. The van der Waals surface area contributed by atoms with Crippen LogP contribution in [-0.2, 0) is 20.1 Å². The molecule has 0 spiro atoms. The third-order valence-corrected chi connectivity index (χ3v) is 7.96. The molecule has 0 radical (unpaired) electrons. The minimum atomic E-state index is -1.21. The number of thioether (sulfide) groups is 2. The van der Waals surface area contributed by atoms with Crippen molar-refractivity contribution in [3.05, 3.63) is 51.8 Å². The Balaban J connectivity index is 1.48. The molecule has 4 rings (SSSR count). The molecular weight excluding hydrogens is 476 g/mol. The van der Waals surface area contributed by atoms with Crippen molar-refractivity contribution in [2.45, 2.75) is 17.2 Å². The lowest BCUT2D eigenvalue weighted by atomic mass is 10.0. The predicted molar refractivity (Wildman–Crippen MR) is 120 cm³/mol. The second kappa shape index (κ2) is 9.18. The fourth-order valence-corrected chi connectivity index (χ4v) is 6.30. The van der Waals surface area contributed by atoms with Gasteiger partial charge >= 0.3 is 5.97 Å². The van der Waals surface area contributed by atoms with E-state index in [1.165, 1.54) is 33.8 Å². The highest BCUT2D eigenvalue weighted by Crippen LogP contribution is 2.44. The first-order valence-corrected chi connectivity index (χ1v) is 12.0. The van der Waals surface area contributed by atoms with E-state index in [1.807, 2.05) is 12.1 Å². The molecule has 0 aliphatic carbocycles. The third kappa shape index (κ3) is 4.16. The molecule has 32 heavy (non-hydrogen) atoms. The van der Waals surface area contributed by atoms with E-state index in [0.717, 1.165) is 16.9 Å². The number of oxime groups is 1. The first-order valence-electron chi connectivity index (χ1n) is 9.07. The number of carbonyl (C=O) groups excluding carboxylic acids is 2. The zero-order valence-electron chi connectivity index (χ0n) is 16.2. The first kappa shape index (κ1) is 22.1. The molecule has 2 atom stereocenters. The number of carboxylic acid groups (broad SMARTS) is 1. The van der Waals surface area contributed by atoms with Crippen molar-refractivity contribution in [2.24, 2.45) is 5.16 Å². The second-order valence-corrected chi connectivity index (χ2v) is 9.67. The summed E-state index contributed by atoms with van der Waals surface area (Å²) in [6, 6.07) is 2.72. The van der Waals surface area contributed by atoms with Crippen LogP contribution in [0.2, 0.25) is 0 Å². The number of carboxylic acids is 1. The molecule has 0 aromatic carbocycles. The Morgan fingerprint density at radius 1 is 1.38 bits per heavy atom. The van der Waals surface area contributed by atoms with E-state index < -0.39 is 29.2 Å². The highest BCUT2D eigenvalue weighted by Gasteiger charge is 2.54. The number of aliphatic carboxylic acids is 1. The fourth-order valence-electron chi connectivity index (χ4n) is 3.17. The normalized spacial score (nSPS) is 20.6. The van der Waals surface area contributed by atoms with E-state index in [1.54, 1.807) is 12.4 Å². The van der Waals surface area contributed by atoms with Crippen molar-refractivity contribution in [1.82, 2.24) is 20.2 Å². The van der Waals surface area contributed by atoms with Gasteiger partial charge in [-0.15, -0.1) is 34.9 Å². The molecule has 166 valence electrons. The Hall–Kier alpha value is -3.10. The molecule has 0 unspecified atom stereocenters. The lowest BCUT2D eigenvalue weighted by Gasteiger charge is -2.49. The number of nitrogens with two attached hydrogens (primary N) is 1. The van der Waals surface area contributed by atoms with Crippen LogP contribution in [0, 0.1) is 0 Å². The molecule has 0 saturated carbocycles. The smallest absolute Gasteiger partial charge is 0.353 e. The molecule has 2 aromatic heterocycles. The highest BCUT2D eigenvalue weighted by atomic mass is 32.2. The largest absolute Gasteiger partial charge is 0.477 e. The van der Waals surface area contributed by atoms with Gasteiger partial charge in [0.15, 0.2) is 10.8 Å². The van der Waals surface area contributed by atoms with Crippen LogP contribution in [0.3, 0.4) is 0 Å². The van der Waals surface area contributed by atoms with Gasteiger partial charge in [-0.2, -0.15) is 0 Å². The Morgan fingerprint density at radius 3 is 2.75 bits per heavy atom. The average molecular weight is 493 g/mol. The number of β-lactam (4-membered cyclic amide) rings is 1. The molecule has 1 fully saturated rings. The SMILES string of the molecule is Nc1nc(/C(=N/O)C(=O)N[C@@H]2C(=O)N3C(C(=O)O)=C(SCc4ccncc4)CS[C@H]23)cs1. The van der Waals surface area contributed by atoms with Gasteiger partial charge in [0.1, 0.15) is 22.8 Å². The van der Waals surface area contributed by atoms with Crippen molar-refractivity contribution in [1.29, 1.82) is 0 Å². The van der Waals surface area contributed by atoms with Crippen LogP contribution in [0.25, 0.3) is 0 Å². The number of hydrogen-bond donors (Lipinski definition) is 4. The lowest BCUT2D eigenvalue weighted by Crippen LogP contribution is -2.71. The summed E-state index contributed by atoms with van der Waals surface area (Å²) in [4.78, 5) is 46.9. The van der Waals surface area contributed by atoms with Gasteiger partial charge in [-0.3, -0.25) is 19.5 Å². The molecule has 2 aliphatic heterocycles. The Bertz CT molecular complexity index is 1140. The second-order valence-electron chi connectivity index (χ2n) is 6.60. The number of nitrogens with one attached hydrogen (secondary N) is 1. The van der Waals surface area contributed by atoms with Crippen LogP contribution in [0.1, 0.15) is 11.3 Å². The summed E-state index contributed by atoms with van der Waals surface area (Å²) < 4.78 is 0. The molecule has 2 aromatic rings. The van der Waals surface area contributed by atoms with Crippen molar-refractivity contribution < 1.29 is 24.7 Å². The summed E-state index contributed by atoms with van der Waals surface area (Å²) in [5.41, 5.74) is 6.14. The summed E-state index contributed by atoms with van der Waals surface area (Å²) in [6.45, 7) is 0. The molecule has 11 nitrogen and oxygen atoms in total. The van der Waals surface area contributed by atoms with Crippen LogP contribution in [-0.4, -0.2) is 65.8 Å². The Labute approximate surface area is 193 Å². The lowest BCUT2D eigenvalue weighted by molar-refractivity contribution is -0.150. The molecular formula is C18H16N6O5S3. The molecule has 5 N–H and O–H groups in total. The monoisotopic (exact) mass is 492 g/mol. The van der Waals surface area contributed by atoms with Gasteiger partial charge in [0.05, 0.1) is 0 Å². The van der Waals surface area contributed by atoms with Gasteiger partial charge in [0.2, 0.25) is 0 Å². The van der Waals surface area contributed by atoms with E-state index in [0.29, 0.717) is 16.4 Å². The van der Waals surface area contributed by atoms with E-state index in [-0.39, 0.29) is 22.2 Å². The maximum Gasteiger partial charge on any atom is 0.353 e. The first-order chi connectivity index (χ1) is 15.4.